The number of carbonyl (C=O) groups is 1. The molecule has 1 unspecified atom stereocenters. The highest BCUT2D eigenvalue weighted by Crippen LogP contribution is 2.57. The highest BCUT2D eigenvalue weighted by Gasteiger charge is 2.37. The topological polar surface area (TPSA) is 98.9 Å². The molecule has 0 bridgehead atoms. The molecule has 0 saturated carbocycles. The number of halogens is 4. The summed E-state index contributed by atoms with van der Waals surface area (Å²) in [7, 11) is -3.04. The van der Waals surface area contributed by atoms with Crippen molar-refractivity contribution in [1.82, 2.24) is 0 Å². The van der Waals surface area contributed by atoms with Crippen molar-refractivity contribution in [1.29, 1.82) is 0 Å². The van der Waals surface area contributed by atoms with Gasteiger partial charge in [0.05, 0.1) is 15.5 Å². The minimum absolute atomic E-state index is 0.105. The van der Waals surface area contributed by atoms with Gasteiger partial charge in [-0.25, -0.2) is 0 Å². The molecule has 0 aliphatic rings. The highest BCUT2D eigenvalue weighted by atomic mass is 35.5. The van der Waals surface area contributed by atoms with E-state index in [2.05, 4.69) is 4.58 Å². The average Bonchev–Trinajstić information content (AvgIpc) is 2.79. The Balaban J connectivity index is 2.04. The highest BCUT2D eigenvalue weighted by molar-refractivity contribution is 8.44. The third-order valence-corrected chi connectivity index (χ3v) is 7.31. The molecule has 172 valence electrons. The zero-order valence-corrected chi connectivity index (χ0v) is 18.3. The maximum Gasteiger partial charge on any atom is 0.416 e. The van der Waals surface area contributed by atoms with E-state index in [0.717, 1.165) is 30.3 Å². The number of ether oxygens (including phenoxy) is 1. The summed E-state index contributed by atoms with van der Waals surface area (Å²) in [5.74, 6) is -0.269. The lowest BCUT2D eigenvalue weighted by atomic mass is 10.2. The number of alkyl halides is 3. The second-order valence-electron chi connectivity index (χ2n) is 6.73. The van der Waals surface area contributed by atoms with E-state index in [1.807, 2.05) is 0 Å². The van der Waals surface area contributed by atoms with E-state index in [1.165, 1.54) is 18.4 Å². The van der Waals surface area contributed by atoms with E-state index in [0.29, 0.717) is 11.0 Å². The van der Waals surface area contributed by atoms with Crippen LogP contribution in [-0.4, -0.2) is 16.3 Å². The normalized spacial score (nSPS) is 14.1. The zero-order chi connectivity index (χ0) is 24.4. The van der Waals surface area contributed by atoms with Gasteiger partial charge in [-0.15, -0.1) is 4.91 Å². The lowest BCUT2D eigenvalue weighted by Gasteiger charge is -2.25. The van der Waals surface area contributed by atoms with Gasteiger partial charge in [-0.05, 0) is 63.5 Å². The fraction of sp³-hybridized carbons (Fsp3) is 0.0952. The molecule has 0 aliphatic heterocycles. The van der Waals surface area contributed by atoms with Gasteiger partial charge in [-0.2, -0.15) is 13.2 Å². The van der Waals surface area contributed by atoms with Gasteiger partial charge in [0.15, 0.2) is 0 Å². The summed E-state index contributed by atoms with van der Waals surface area (Å²) in [6, 6.07) is 13.5. The quantitative estimate of drug-likeness (QED) is 0.200. The van der Waals surface area contributed by atoms with E-state index in [-0.39, 0.29) is 16.5 Å². The predicted octanol–water partition coefficient (Wildman–Crippen LogP) is 7.37. The first-order chi connectivity index (χ1) is 15.5. The molecule has 12 heteroatoms. The van der Waals surface area contributed by atoms with Crippen LogP contribution in [0.25, 0.3) is 0 Å². The molecule has 3 rings (SSSR count). The van der Waals surface area contributed by atoms with Crippen molar-refractivity contribution < 1.29 is 27.6 Å². The summed E-state index contributed by atoms with van der Waals surface area (Å²) >= 11 is 5.89. The van der Waals surface area contributed by atoms with E-state index in [1.54, 1.807) is 18.2 Å². The lowest BCUT2D eigenvalue weighted by Crippen LogP contribution is -2.12. The molecule has 0 heterocycles. The average molecular weight is 499 g/mol. The van der Waals surface area contributed by atoms with E-state index < -0.39 is 43.2 Å². The van der Waals surface area contributed by atoms with Gasteiger partial charge in [0.1, 0.15) is 17.1 Å². The molecule has 7 nitrogen and oxygen atoms in total. The molecule has 0 radical (unpaired) electrons. The molecule has 1 atom stereocenters. The summed E-state index contributed by atoms with van der Waals surface area (Å²) in [5, 5.41) is 10.3. The molecule has 3 aromatic carbocycles. The van der Waals surface area contributed by atoms with Gasteiger partial charge in [0.25, 0.3) is 5.69 Å². The van der Waals surface area contributed by atoms with Gasteiger partial charge in [-0.1, -0.05) is 29.8 Å². The van der Waals surface area contributed by atoms with E-state index in [4.69, 9.17) is 16.3 Å². The summed E-state index contributed by atoms with van der Waals surface area (Å²) in [6.07, 6.45) is -3.30. The maximum atomic E-state index is 13.3. The van der Waals surface area contributed by atoms with Crippen LogP contribution in [0, 0.1) is 15.0 Å². The van der Waals surface area contributed by atoms with Crippen molar-refractivity contribution in [2.24, 2.45) is 4.58 Å². The first-order valence-electron chi connectivity index (χ1n) is 9.03. The van der Waals surface area contributed by atoms with Crippen LogP contribution in [0.2, 0.25) is 5.02 Å². The number of rotatable bonds is 6. The number of hydrogen-bond acceptors (Lipinski definition) is 6. The van der Waals surface area contributed by atoms with Crippen LogP contribution in [0.3, 0.4) is 0 Å². The SMILES string of the molecule is CS(N=O)(C(=O)c1cc(Oc2ccc(C(F)(F)F)cc2Cl)ccc1[N+](=O)[O-])c1ccccc1. The summed E-state index contributed by atoms with van der Waals surface area (Å²) in [6.45, 7) is 0. The molecule has 0 aliphatic carbocycles. The molecule has 33 heavy (non-hydrogen) atoms. The number of carbonyl (C=O) groups excluding carboxylic acids is 1. The molecule has 0 saturated heterocycles. The van der Waals surface area contributed by atoms with E-state index >= 15 is 0 Å². The maximum absolute atomic E-state index is 13.3. The van der Waals surface area contributed by atoms with Crippen molar-refractivity contribution in [3.05, 3.63) is 97.9 Å². The monoisotopic (exact) mass is 498 g/mol. The minimum atomic E-state index is -4.61. The third-order valence-electron chi connectivity index (χ3n) is 4.58. The standard InChI is InChI=1S/C21H14ClF3N2O5S/c1-33(26-29,15-5-3-2-4-6-15)20(28)16-12-14(8-9-18(16)27(30)31)32-19-10-7-13(11-17(19)22)21(23,24)25/h2-12H,1H3. The Hall–Kier alpha value is -3.44. The Labute approximate surface area is 191 Å². The number of benzene rings is 3. The summed E-state index contributed by atoms with van der Waals surface area (Å²) in [5.41, 5.74) is -2.00. The van der Waals surface area contributed by atoms with Crippen LogP contribution in [0.4, 0.5) is 18.9 Å². The predicted molar refractivity (Wildman–Crippen MR) is 118 cm³/mol. The molecular formula is C21H14ClF3N2O5S. The summed E-state index contributed by atoms with van der Waals surface area (Å²) in [4.78, 5) is 36.0. The number of nitroso groups, excluding NO2 is 1. The number of nitro groups is 1. The second kappa shape index (κ2) is 9.20. The Bertz CT molecular complexity index is 1240. The largest absolute Gasteiger partial charge is 0.456 e. The molecule has 0 spiro atoms. The van der Waals surface area contributed by atoms with Crippen molar-refractivity contribution in [2.75, 3.05) is 6.26 Å². The van der Waals surface area contributed by atoms with Gasteiger partial charge < -0.3 is 4.74 Å². The van der Waals surface area contributed by atoms with Crippen molar-refractivity contribution in [2.45, 2.75) is 11.1 Å². The van der Waals surface area contributed by atoms with Crippen LogP contribution in [-0.2, 0) is 6.18 Å². The van der Waals surface area contributed by atoms with Crippen LogP contribution < -0.4 is 4.74 Å². The zero-order valence-electron chi connectivity index (χ0n) is 16.7. The smallest absolute Gasteiger partial charge is 0.416 e. The lowest BCUT2D eigenvalue weighted by molar-refractivity contribution is -0.385. The van der Waals surface area contributed by atoms with Crippen LogP contribution in [0.5, 0.6) is 11.5 Å². The minimum Gasteiger partial charge on any atom is -0.456 e. The molecular weight excluding hydrogens is 485 g/mol. The van der Waals surface area contributed by atoms with Crippen molar-refractivity contribution in [3.63, 3.8) is 0 Å². The van der Waals surface area contributed by atoms with Gasteiger partial charge in [-0.3, -0.25) is 14.9 Å². The first-order valence-corrected chi connectivity index (χ1v) is 11.4. The van der Waals surface area contributed by atoms with Crippen molar-refractivity contribution in [3.8, 4) is 11.5 Å². The number of hydrogen-bond donors (Lipinski definition) is 0. The fourth-order valence-corrected chi connectivity index (χ4v) is 4.74. The Morgan fingerprint density at radius 2 is 1.76 bits per heavy atom. The van der Waals surface area contributed by atoms with Crippen LogP contribution >= 0.6 is 21.8 Å². The number of nitrogens with zero attached hydrogens (tertiary/aromatic N) is 2. The number of nitro benzene ring substituents is 1. The molecule has 0 N–H and O–H groups in total. The summed E-state index contributed by atoms with van der Waals surface area (Å²) < 4.78 is 47.0. The second-order valence-corrected chi connectivity index (χ2v) is 9.88. The molecule has 0 fully saturated rings. The molecule has 0 amide bonds. The van der Waals surface area contributed by atoms with Gasteiger partial charge in [0.2, 0.25) is 5.12 Å². The Morgan fingerprint density at radius 1 is 1.09 bits per heavy atom. The first kappa shape index (κ1) is 24.2. The Morgan fingerprint density at radius 3 is 2.30 bits per heavy atom. The Kier molecular flexibility index (Phi) is 6.75. The van der Waals surface area contributed by atoms with Crippen LogP contribution in [0.15, 0.2) is 76.2 Å². The van der Waals surface area contributed by atoms with Crippen LogP contribution in [0.1, 0.15) is 15.9 Å². The molecule has 3 aromatic rings. The fourth-order valence-electron chi connectivity index (χ4n) is 2.87. The van der Waals surface area contributed by atoms with Crippen molar-refractivity contribution >= 4 is 32.6 Å². The van der Waals surface area contributed by atoms with Gasteiger partial charge >= 0.3 is 6.18 Å². The molecule has 0 aromatic heterocycles. The van der Waals surface area contributed by atoms with E-state index in [9.17, 15) is 33.0 Å². The third kappa shape index (κ3) is 4.99. The van der Waals surface area contributed by atoms with Gasteiger partial charge in [0, 0.05) is 11.0 Å².